The van der Waals surface area contributed by atoms with Crippen LogP contribution < -0.4 is 20.7 Å². The Kier molecular flexibility index (Phi) is 7.69. The van der Waals surface area contributed by atoms with Crippen LogP contribution in [0, 0.1) is 13.8 Å². The molecule has 0 unspecified atom stereocenters. The van der Waals surface area contributed by atoms with E-state index in [2.05, 4.69) is 205 Å². The Balaban J connectivity index is 1.09. The highest BCUT2D eigenvalue weighted by molar-refractivity contribution is 7.24. The van der Waals surface area contributed by atoms with Crippen LogP contribution in [0.5, 0.6) is 0 Å². The van der Waals surface area contributed by atoms with E-state index in [4.69, 9.17) is 9.97 Å². The second-order valence-corrected chi connectivity index (χ2v) is 21.4. The topological polar surface area (TPSA) is 34.6 Å². The van der Waals surface area contributed by atoms with Crippen molar-refractivity contribution in [3.63, 3.8) is 0 Å². The summed E-state index contributed by atoms with van der Waals surface area (Å²) in [7, 11) is -2.91. The molecule has 0 aliphatic rings. The number of thiazole rings is 2. The van der Waals surface area contributed by atoms with Crippen LogP contribution in [0.25, 0.3) is 74.7 Å². The van der Waals surface area contributed by atoms with Crippen LogP contribution in [0.15, 0.2) is 182 Å². The summed E-state index contributed by atoms with van der Waals surface area (Å²) in [6.07, 6.45) is 0. The van der Waals surface area contributed by atoms with E-state index in [-0.39, 0.29) is 0 Å². The van der Waals surface area contributed by atoms with Crippen molar-refractivity contribution in [3.05, 3.63) is 193 Å². The van der Waals surface area contributed by atoms with Gasteiger partial charge in [0.2, 0.25) is 0 Å². The van der Waals surface area contributed by atoms with E-state index in [9.17, 15) is 0 Å². The van der Waals surface area contributed by atoms with Crippen molar-refractivity contribution in [1.29, 1.82) is 0 Å². The molecule has 280 valence electrons. The van der Waals surface area contributed by atoms with E-state index in [0.717, 1.165) is 32.0 Å². The van der Waals surface area contributed by atoms with Crippen LogP contribution >= 0.6 is 22.7 Å². The molecule has 0 atom stereocenters. The predicted molar refractivity (Wildman–Crippen MR) is 254 cm³/mol. The molecule has 4 aromatic heterocycles. The summed E-state index contributed by atoms with van der Waals surface area (Å²) >= 11 is 3.50. The number of fused-ring (bicyclic) bond motifs is 10. The molecule has 0 bridgehead atoms. The van der Waals surface area contributed by atoms with Gasteiger partial charge in [-0.05, 0) is 117 Å². The quantitative estimate of drug-likeness (QED) is 0.124. The van der Waals surface area contributed by atoms with Gasteiger partial charge in [-0.2, -0.15) is 0 Å². The van der Waals surface area contributed by atoms with E-state index >= 15 is 0 Å². The molecule has 7 heteroatoms. The fourth-order valence-electron chi connectivity index (χ4n) is 9.51. The van der Waals surface area contributed by atoms with E-state index in [1.54, 1.807) is 22.7 Å². The van der Waals surface area contributed by atoms with Gasteiger partial charge in [-0.1, -0.05) is 156 Å². The van der Waals surface area contributed by atoms with Crippen LogP contribution in [0.3, 0.4) is 0 Å². The lowest BCUT2D eigenvalue weighted by Crippen LogP contribution is -2.74. The summed E-state index contributed by atoms with van der Waals surface area (Å²) in [4.78, 5) is 12.2. The summed E-state index contributed by atoms with van der Waals surface area (Å²) in [6, 6.07) is 67.8. The van der Waals surface area contributed by atoms with Crippen molar-refractivity contribution in [2.24, 2.45) is 0 Å². The Labute approximate surface area is 350 Å². The summed E-state index contributed by atoms with van der Waals surface area (Å²) in [5.41, 5.74) is 14.1. The number of rotatable bonds is 6. The Morgan fingerprint density at radius 2 is 0.797 bits per heavy atom. The normalized spacial score (nSPS) is 12.2. The van der Waals surface area contributed by atoms with Crippen LogP contribution in [-0.4, -0.2) is 26.8 Å². The molecule has 12 rings (SSSR count). The van der Waals surface area contributed by atoms with Gasteiger partial charge in [-0.25, -0.2) is 9.97 Å². The second kappa shape index (κ2) is 13.2. The molecule has 4 nitrogen and oxygen atoms in total. The van der Waals surface area contributed by atoms with E-state index in [1.807, 2.05) is 0 Å². The minimum absolute atomic E-state index is 1.03. The lowest BCUT2D eigenvalue weighted by atomic mass is 9.99. The second-order valence-electron chi connectivity index (χ2n) is 15.6. The number of hydrogen-bond donors (Lipinski definition) is 0. The van der Waals surface area contributed by atoms with Crippen LogP contribution in [0.1, 0.15) is 11.1 Å². The van der Waals surface area contributed by atoms with E-state index < -0.39 is 8.07 Å². The van der Waals surface area contributed by atoms with Gasteiger partial charge in [0.05, 0.1) is 42.5 Å². The first-order valence-corrected chi connectivity index (χ1v) is 23.6. The number of nitrogens with zero attached hydrogens (tertiary/aromatic N) is 4. The molecule has 0 fully saturated rings. The number of benzene rings is 8. The van der Waals surface area contributed by atoms with Gasteiger partial charge in [0.15, 0.2) is 18.0 Å². The highest BCUT2D eigenvalue weighted by Crippen LogP contribution is 2.36. The highest BCUT2D eigenvalue weighted by Gasteiger charge is 2.42. The number of para-hydroxylation sites is 2. The predicted octanol–water partition coefficient (Wildman–Crippen LogP) is 11.0. The monoisotopic (exact) mass is 808 g/mol. The number of hydrogen-bond acceptors (Lipinski definition) is 4. The number of imidazole rings is 2. The summed E-state index contributed by atoms with van der Waals surface area (Å²) in [5.74, 6) is 0. The Hall–Kier alpha value is -6.64. The van der Waals surface area contributed by atoms with Gasteiger partial charge in [0.25, 0.3) is 0 Å². The molecule has 4 heterocycles. The molecular formula is C52H36N4S2Si. The largest absolute Gasteiger partial charge is 0.283 e. The Bertz CT molecular complexity index is 3360. The van der Waals surface area contributed by atoms with Crippen molar-refractivity contribution < 1.29 is 0 Å². The lowest BCUT2D eigenvalue weighted by Gasteiger charge is -2.35. The Morgan fingerprint density at radius 1 is 0.390 bits per heavy atom. The van der Waals surface area contributed by atoms with Crippen molar-refractivity contribution >= 4 is 104 Å². The average molecular weight is 809 g/mol. The Morgan fingerprint density at radius 3 is 1.25 bits per heavy atom. The van der Waals surface area contributed by atoms with Crippen molar-refractivity contribution in [2.45, 2.75) is 13.8 Å². The summed E-state index contributed by atoms with van der Waals surface area (Å²) in [6.45, 7) is 4.45. The molecule has 0 amide bonds. The average Bonchev–Trinajstić information content (AvgIpc) is 4.02. The third-order valence-corrected chi connectivity index (χ3v) is 19.0. The minimum atomic E-state index is -2.91. The zero-order valence-electron chi connectivity index (χ0n) is 32.4. The molecule has 0 aliphatic carbocycles. The third kappa shape index (κ3) is 5.18. The highest BCUT2D eigenvalue weighted by atomic mass is 32.1. The molecule has 0 aliphatic heterocycles. The molecule has 0 saturated heterocycles. The van der Waals surface area contributed by atoms with Gasteiger partial charge in [-0.3, -0.25) is 8.80 Å². The molecule has 0 radical (unpaired) electrons. The molecule has 0 N–H and O–H groups in total. The maximum Gasteiger partial charge on any atom is 0.195 e. The molecule has 59 heavy (non-hydrogen) atoms. The first-order chi connectivity index (χ1) is 29.0. The van der Waals surface area contributed by atoms with Crippen molar-refractivity contribution in [3.8, 4) is 22.3 Å². The fraction of sp³-hybridized carbons (Fsp3) is 0.0385. The van der Waals surface area contributed by atoms with Crippen LogP contribution in [0.2, 0.25) is 0 Å². The third-order valence-electron chi connectivity index (χ3n) is 12.2. The van der Waals surface area contributed by atoms with E-state index in [1.165, 1.54) is 74.6 Å². The zero-order chi connectivity index (χ0) is 39.2. The number of aryl methyl sites for hydroxylation is 2. The molecule has 0 spiro atoms. The maximum atomic E-state index is 5.09. The summed E-state index contributed by atoms with van der Waals surface area (Å²) < 4.78 is 7.16. The molecule has 8 aromatic carbocycles. The maximum absolute atomic E-state index is 5.09. The smallest absolute Gasteiger partial charge is 0.195 e. The van der Waals surface area contributed by atoms with Crippen molar-refractivity contribution in [1.82, 2.24) is 18.8 Å². The first kappa shape index (κ1) is 34.4. The SMILES string of the molecule is Cc1cc2nc3sc4ccccc4n3c2cc1-c1cccc([Si](c2ccccc2)(c2ccccc2)c2cccc(-c3cc4c(cc3C)nc3sc5ccccc5n34)c2)c1. The van der Waals surface area contributed by atoms with Gasteiger partial charge in [0.1, 0.15) is 0 Å². The molecule has 12 aromatic rings. The molecular weight excluding hydrogens is 773 g/mol. The standard InChI is InChI=1S/C52H36N4S2Si/c1-33-27-43-47(55-45-23-9-11-25-49(45)57-51(55)53-43)31-41(33)35-15-13-21-39(29-35)59(37-17-5-3-6-18-37,38-19-7-4-8-20-38)40-22-14-16-36(30-40)42-32-48-44(28-34(42)2)54-52-56(48)46-24-10-12-26-50(46)58-52/h3-32H,1-2H3. The van der Waals surface area contributed by atoms with Crippen molar-refractivity contribution in [2.75, 3.05) is 0 Å². The van der Waals surface area contributed by atoms with Crippen LogP contribution in [-0.2, 0) is 0 Å². The number of aromatic nitrogens is 4. The minimum Gasteiger partial charge on any atom is -0.283 e. The van der Waals surface area contributed by atoms with Gasteiger partial charge >= 0.3 is 0 Å². The first-order valence-electron chi connectivity index (χ1n) is 20.0. The van der Waals surface area contributed by atoms with Crippen LogP contribution in [0.4, 0.5) is 0 Å². The summed E-state index contributed by atoms with van der Waals surface area (Å²) in [5, 5.41) is 5.39. The molecule has 0 saturated carbocycles. The van der Waals surface area contributed by atoms with Gasteiger partial charge in [0, 0.05) is 0 Å². The van der Waals surface area contributed by atoms with Gasteiger partial charge in [-0.15, -0.1) is 0 Å². The zero-order valence-corrected chi connectivity index (χ0v) is 35.1. The van der Waals surface area contributed by atoms with Gasteiger partial charge < -0.3 is 0 Å². The lowest BCUT2D eigenvalue weighted by molar-refractivity contribution is 1.34. The van der Waals surface area contributed by atoms with E-state index in [0.29, 0.717) is 0 Å². The fourth-order valence-corrected chi connectivity index (χ4v) is 16.4.